The van der Waals surface area contributed by atoms with Crippen LogP contribution < -0.4 is 11.1 Å². The molecule has 1 aliphatic rings. The van der Waals surface area contributed by atoms with Crippen molar-refractivity contribution in [1.82, 2.24) is 9.88 Å². The van der Waals surface area contributed by atoms with E-state index in [-0.39, 0.29) is 30.6 Å². The number of hydrogen-bond donors (Lipinski definition) is 3. The van der Waals surface area contributed by atoms with Gasteiger partial charge < -0.3 is 25.8 Å². The van der Waals surface area contributed by atoms with Crippen LogP contribution in [0.15, 0.2) is 42.5 Å². The van der Waals surface area contributed by atoms with E-state index in [4.69, 9.17) is 10.5 Å². The van der Waals surface area contributed by atoms with Crippen LogP contribution in [0, 0.1) is 5.82 Å². The molecule has 2 aromatic heterocycles. The standard InChI is InChI=1S/C24H25FN4O4S/c1-14(12-30)15-5-6-17(19(25)9-15)20-10-18(23(26)32)24(34-20)28-21-4-2-3-16(27-21)11-29-7-8-33-13-22(29)31/h2-6,9-10,14,30H,7-8,11-13H2,1H3,(H2,26,32)(H,27,28). The Labute approximate surface area is 200 Å². The molecule has 3 aromatic rings. The van der Waals surface area contributed by atoms with Crippen LogP contribution in [-0.2, 0) is 16.1 Å². The fraction of sp³-hybridized carbons (Fsp3) is 0.292. The minimum Gasteiger partial charge on any atom is -0.396 e. The first-order valence-corrected chi connectivity index (χ1v) is 11.6. The summed E-state index contributed by atoms with van der Waals surface area (Å²) in [6.45, 7) is 3.13. The number of morpholine rings is 1. The quantitative estimate of drug-likeness (QED) is 0.452. The zero-order valence-corrected chi connectivity index (χ0v) is 19.4. The van der Waals surface area contributed by atoms with E-state index in [2.05, 4.69) is 10.3 Å². The first kappa shape index (κ1) is 23.8. The summed E-state index contributed by atoms with van der Waals surface area (Å²) in [7, 11) is 0. The average Bonchev–Trinajstić information content (AvgIpc) is 3.24. The molecule has 1 saturated heterocycles. The largest absolute Gasteiger partial charge is 0.396 e. The zero-order valence-electron chi connectivity index (χ0n) is 18.6. The van der Waals surface area contributed by atoms with Crippen LogP contribution in [0.3, 0.4) is 0 Å². The number of thiophene rings is 1. The molecule has 3 heterocycles. The number of aromatic nitrogens is 1. The van der Waals surface area contributed by atoms with Gasteiger partial charge in [0.15, 0.2) is 0 Å². The van der Waals surface area contributed by atoms with E-state index in [9.17, 15) is 19.1 Å². The Balaban J connectivity index is 1.58. The van der Waals surface area contributed by atoms with Gasteiger partial charge in [-0.1, -0.05) is 25.1 Å². The van der Waals surface area contributed by atoms with Crippen molar-refractivity contribution in [1.29, 1.82) is 0 Å². The molecule has 0 bridgehead atoms. The Bertz CT molecular complexity index is 1220. The molecule has 1 fully saturated rings. The second-order valence-electron chi connectivity index (χ2n) is 8.05. The van der Waals surface area contributed by atoms with E-state index in [1.807, 2.05) is 13.0 Å². The van der Waals surface area contributed by atoms with E-state index < -0.39 is 11.7 Å². The number of halogens is 1. The average molecular weight is 485 g/mol. The molecule has 10 heteroatoms. The first-order valence-electron chi connectivity index (χ1n) is 10.8. The number of amides is 2. The van der Waals surface area contributed by atoms with Crippen molar-refractivity contribution >= 4 is 34.0 Å². The van der Waals surface area contributed by atoms with Gasteiger partial charge >= 0.3 is 0 Å². The summed E-state index contributed by atoms with van der Waals surface area (Å²) < 4.78 is 20.0. The van der Waals surface area contributed by atoms with Gasteiger partial charge in [-0.25, -0.2) is 9.37 Å². The van der Waals surface area contributed by atoms with Gasteiger partial charge in [0.1, 0.15) is 23.2 Å². The van der Waals surface area contributed by atoms with Gasteiger partial charge in [-0.2, -0.15) is 0 Å². The highest BCUT2D eigenvalue weighted by Gasteiger charge is 2.20. The Morgan fingerprint density at radius 3 is 2.88 bits per heavy atom. The molecular formula is C24H25FN4O4S. The molecule has 4 rings (SSSR count). The Kier molecular flexibility index (Phi) is 7.20. The van der Waals surface area contributed by atoms with E-state index in [1.54, 1.807) is 35.2 Å². The number of nitrogens with two attached hydrogens (primary N) is 1. The molecule has 1 atom stereocenters. The third-order valence-corrected chi connectivity index (χ3v) is 6.67. The van der Waals surface area contributed by atoms with Crippen LogP contribution in [0.1, 0.15) is 34.5 Å². The highest BCUT2D eigenvalue weighted by molar-refractivity contribution is 7.19. The molecule has 178 valence electrons. The Morgan fingerprint density at radius 1 is 1.35 bits per heavy atom. The summed E-state index contributed by atoms with van der Waals surface area (Å²) in [6.07, 6.45) is 0. The minimum absolute atomic E-state index is 0.0638. The lowest BCUT2D eigenvalue weighted by molar-refractivity contribution is -0.143. The molecule has 2 amide bonds. The van der Waals surface area contributed by atoms with E-state index in [0.29, 0.717) is 52.2 Å². The fourth-order valence-electron chi connectivity index (χ4n) is 3.61. The topological polar surface area (TPSA) is 118 Å². The third-order valence-electron chi connectivity index (χ3n) is 5.58. The number of carbonyl (C=O) groups is 2. The summed E-state index contributed by atoms with van der Waals surface area (Å²) >= 11 is 1.19. The third kappa shape index (κ3) is 5.24. The molecule has 0 aliphatic carbocycles. The van der Waals surface area contributed by atoms with Crippen molar-refractivity contribution < 1.29 is 23.8 Å². The fourth-order valence-corrected chi connectivity index (χ4v) is 4.71. The molecule has 1 aromatic carbocycles. The number of pyridine rings is 1. The van der Waals surface area contributed by atoms with Gasteiger partial charge in [-0.05, 0) is 29.8 Å². The van der Waals surface area contributed by atoms with E-state index in [1.165, 1.54) is 17.4 Å². The van der Waals surface area contributed by atoms with Crippen molar-refractivity contribution in [3.05, 3.63) is 65.1 Å². The predicted octanol–water partition coefficient (Wildman–Crippen LogP) is 3.25. The molecule has 1 unspecified atom stereocenters. The first-order chi connectivity index (χ1) is 16.4. The predicted molar refractivity (Wildman–Crippen MR) is 127 cm³/mol. The molecule has 0 radical (unpaired) electrons. The van der Waals surface area contributed by atoms with Crippen molar-refractivity contribution in [2.45, 2.75) is 19.4 Å². The van der Waals surface area contributed by atoms with Gasteiger partial charge in [-0.15, -0.1) is 11.3 Å². The number of nitrogens with zero attached hydrogens (tertiary/aromatic N) is 2. The summed E-state index contributed by atoms with van der Waals surface area (Å²) in [4.78, 5) is 30.8. The molecule has 34 heavy (non-hydrogen) atoms. The zero-order chi connectivity index (χ0) is 24.2. The summed E-state index contributed by atoms with van der Waals surface area (Å²) in [6, 6.07) is 11.7. The van der Waals surface area contributed by atoms with Crippen LogP contribution in [0.5, 0.6) is 0 Å². The van der Waals surface area contributed by atoms with Gasteiger partial charge in [0, 0.05) is 29.5 Å². The van der Waals surface area contributed by atoms with E-state index in [0.717, 1.165) is 0 Å². The number of benzene rings is 1. The van der Waals surface area contributed by atoms with Gasteiger partial charge in [0.05, 0.1) is 24.4 Å². The van der Waals surface area contributed by atoms with Crippen molar-refractivity contribution in [3.63, 3.8) is 0 Å². The van der Waals surface area contributed by atoms with Crippen molar-refractivity contribution in [2.24, 2.45) is 5.73 Å². The van der Waals surface area contributed by atoms with Crippen molar-refractivity contribution in [3.8, 4) is 10.4 Å². The Morgan fingerprint density at radius 2 is 2.18 bits per heavy atom. The second kappa shape index (κ2) is 10.3. The van der Waals surface area contributed by atoms with Crippen molar-refractivity contribution in [2.75, 3.05) is 31.7 Å². The monoisotopic (exact) mass is 484 g/mol. The lowest BCUT2D eigenvalue weighted by atomic mass is 9.99. The van der Waals surface area contributed by atoms with Crippen LogP contribution in [0.4, 0.5) is 15.2 Å². The number of carbonyl (C=O) groups excluding carboxylic acids is 2. The normalized spacial score (nSPS) is 14.8. The molecular weight excluding hydrogens is 459 g/mol. The van der Waals surface area contributed by atoms with Gasteiger partial charge in [0.25, 0.3) is 5.91 Å². The van der Waals surface area contributed by atoms with Gasteiger partial charge in [-0.3, -0.25) is 9.59 Å². The van der Waals surface area contributed by atoms with Gasteiger partial charge in [0.2, 0.25) is 5.91 Å². The lowest BCUT2D eigenvalue weighted by Crippen LogP contribution is -2.41. The Hall–Kier alpha value is -3.34. The molecule has 4 N–H and O–H groups in total. The molecule has 8 nitrogen and oxygen atoms in total. The number of anilines is 2. The van der Waals surface area contributed by atoms with Crippen LogP contribution in [0.2, 0.25) is 0 Å². The maximum Gasteiger partial charge on any atom is 0.251 e. The summed E-state index contributed by atoms with van der Waals surface area (Å²) in [5.41, 5.74) is 7.50. The maximum absolute atomic E-state index is 14.8. The number of rotatable bonds is 8. The molecule has 0 spiro atoms. The number of aliphatic hydroxyl groups is 1. The number of primary amides is 1. The highest BCUT2D eigenvalue weighted by atomic mass is 32.1. The summed E-state index contributed by atoms with van der Waals surface area (Å²) in [5.74, 6) is -0.896. The molecule has 1 aliphatic heterocycles. The van der Waals surface area contributed by atoms with E-state index >= 15 is 0 Å². The lowest BCUT2D eigenvalue weighted by Gasteiger charge is -2.26. The number of nitrogens with one attached hydrogen (secondary N) is 1. The SMILES string of the molecule is CC(CO)c1ccc(-c2cc(C(N)=O)c(Nc3cccc(CN4CCOCC4=O)n3)s2)c(F)c1. The number of ether oxygens (including phenoxy) is 1. The van der Waals surface area contributed by atoms with Crippen LogP contribution in [-0.4, -0.2) is 53.2 Å². The maximum atomic E-state index is 14.8. The number of aliphatic hydroxyl groups excluding tert-OH is 1. The smallest absolute Gasteiger partial charge is 0.251 e. The molecule has 0 saturated carbocycles. The minimum atomic E-state index is -0.647. The highest BCUT2D eigenvalue weighted by Crippen LogP contribution is 2.38. The second-order valence-corrected chi connectivity index (χ2v) is 9.10. The van der Waals surface area contributed by atoms with Crippen LogP contribution >= 0.6 is 11.3 Å². The van der Waals surface area contributed by atoms with Crippen LogP contribution in [0.25, 0.3) is 10.4 Å². The number of hydrogen-bond acceptors (Lipinski definition) is 7. The summed E-state index contributed by atoms with van der Waals surface area (Å²) in [5, 5.41) is 12.9.